The van der Waals surface area contributed by atoms with E-state index in [1.54, 1.807) is 0 Å². The average molecular weight is 587 g/mol. The number of hydrogen-bond acceptors (Lipinski definition) is 3. The van der Waals surface area contributed by atoms with Gasteiger partial charge in [0.05, 0.1) is 0 Å². The summed E-state index contributed by atoms with van der Waals surface area (Å²) in [5.41, 5.74) is 6.89. The van der Waals surface area contributed by atoms with Crippen LogP contribution in [0.1, 0.15) is 0 Å². The second-order valence-corrected chi connectivity index (χ2v) is 9.21. The molecule has 5 aromatic carbocycles. The van der Waals surface area contributed by atoms with Gasteiger partial charge in [0.25, 0.3) is 0 Å². The number of benzene rings is 5. The van der Waals surface area contributed by atoms with Gasteiger partial charge in [0.1, 0.15) is 5.82 Å². The van der Waals surface area contributed by atoms with Crippen molar-refractivity contribution in [1.29, 1.82) is 0 Å². The quantitative estimate of drug-likeness (QED) is 0.191. The Labute approximate surface area is 258 Å². The number of rotatable bonds is 5. The van der Waals surface area contributed by atoms with Crippen molar-refractivity contribution in [2.24, 2.45) is 0 Å². The minimum Gasteiger partial charge on any atom is -0.439 e. The Morgan fingerprint density at radius 2 is 1.00 bits per heavy atom. The summed E-state index contributed by atoms with van der Waals surface area (Å²) in [6, 6.07) is 48.1. The summed E-state index contributed by atoms with van der Waals surface area (Å²) in [6.45, 7) is 0. The molecule has 0 bridgehead atoms. The Kier molecular flexibility index (Phi) is 7.46. The van der Waals surface area contributed by atoms with Crippen molar-refractivity contribution in [3.63, 3.8) is 0 Å². The van der Waals surface area contributed by atoms with Crippen molar-refractivity contribution in [2.45, 2.75) is 0 Å². The Hall–Kier alpha value is -4.25. The number of aromatic nitrogens is 4. The molecule has 0 unspecified atom stereocenters. The Morgan fingerprint density at radius 3 is 1.60 bits per heavy atom. The number of para-hydroxylation sites is 1. The largest absolute Gasteiger partial charge is 0.439 e. The zero-order valence-electron chi connectivity index (χ0n) is 21.6. The molecule has 7 aromatic rings. The van der Waals surface area contributed by atoms with Gasteiger partial charge in [0.15, 0.2) is 11.6 Å². The zero-order chi connectivity index (χ0) is 26.0. The van der Waals surface area contributed by atoms with E-state index in [1.807, 2.05) is 78.9 Å². The molecule has 0 spiro atoms. The standard InChI is InChI=1S/C35H22N4.Y/c1-4-13-25(14-5-1)31-24-39(32-22-11-10-21-30(31)32)29-20-12-19-28(23-29)35-37-33(26-15-6-2-7-16-26)36-34(38-35)27-17-8-3-9-18-27;/h1-19,21-23H;/q-2;. The molecular weight excluding hydrogens is 565 g/mol. The van der Waals surface area contributed by atoms with E-state index in [4.69, 9.17) is 15.0 Å². The van der Waals surface area contributed by atoms with Crippen LogP contribution in [-0.2, 0) is 32.7 Å². The fraction of sp³-hybridized carbons (Fsp3) is 0. The summed E-state index contributed by atoms with van der Waals surface area (Å²) in [7, 11) is 0. The van der Waals surface area contributed by atoms with Crippen LogP contribution in [0.2, 0.25) is 0 Å². The van der Waals surface area contributed by atoms with E-state index in [0.29, 0.717) is 17.5 Å². The molecule has 2 aromatic heterocycles. The van der Waals surface area contributed by atoms with Crippen molar-refractivity contribution in [3.8, 4) is 51.0 Å². The molecule has 1 radical (unpaired) electrons. The van der Waals surface area contributed by atoms with Crippen LogP contribution in [0.3, 0.4) is 0 Å². The van der Waals surface area contributed by atoms with Gasteiger partial charge < -0.3 is 4.57 Å². The molecule has 187 valence electrons. The molecular formula is C35H22N4Y-2. The SMILES string of the molecule is [Y].[c-]1ccc(-c2nc(-c3ccccc3)nc(-c3ccccc3)n2)cc1-n1[c-]c(-c2ccccc2)c2ccccc21. The van der Waals surface area contributed by atoms with Crippen molar-refractivity contribution >= 4 is 10.9 Å². The maximum Gasteiger partial charge on any atom is 0.163 e. The van der Waals surface area contributed by atoms with Crippen LogP contribution in [0.25, 0.3) is 61.9 Å². The molecule has 0 saturated heterocycles. The third-order valence-electron chi connectivity index (χ3n) is 6.69. The minimum atomic E-state index is 0. The first-order valence-corrected chi connectivity index (χ1v) is 12.8. The Balaban J connectivity index is 0.00000289. The molecule has 0 aliphatic heterocycles. The molecule has 0 amide bonds. The van der Waals surface area contributed by atoms with Gasteiger partial charge in [-0.05, 0) is 11.7 Å². The topological polar surface area (TPSA) is 43.6 Å². The maximum atomic E-state index is 4.89. The van der Waals surface area contributed by atoms with Crippen molar-refractivity contribution < 1.29 is 32.7 Å². The zero-order valence-corrected chi connectivity index (χ0v) is 24.4. The van der Waals surface area contributed by atoms with Crippen molar-refractivity contribution in [2.75, 3.05) is 0 Å². The first-order valence-electron chi connectivity index (χ1n) is 12.8. The van der Waals surface area contributed by atoms with Crippen LogP contribution >= 0.6 is 0 Å². The number of fused-ring (bicyclic) bond motifs is 1. The summed E-state index contributed by atoms with van der Waals surface area (Å²) in [5, 5.41) is 1.14. The van der Waals surface area contributed by atoms with E-state index in [1.165, 1.54) is 0 Å². The van der Waals surface area contributed by atoms with Gasteiger partial charge in [-0.3, -0.25) is 0 Å². The molecule has 0 N–H and O–H groups in total. The Bertz CT molecular complexity index is 1840. The van der Waals surface area contributed by atoms with Crippen LogP contribution in [0.15, 0.2) is 133 Å². The summed E-state index contributed by atoms with van der Waals surface area (Å²) in [6.07, 6.45) is 3.61. The Morgan fingerprint density at radius 1 is 0.500 bits per heavy atom. The van der Waals surface area contributed by atoms with E-state index in [-0.39, 0.29) is 32.7 Å². The van der Waals surface area contributed by atoms with Gasteiger partial charge in [-0.2, -0.15) is 18.2 Å². The fourth-order valence-corrected chi connectivity index (χ4v) is 4.79. The molecule has 40 heavy (non-hydrogen) atoms. The summed E-state index contributed by atoms with van der Waals surface area (Å²) in [5.74, 6) is 1.88. The molecule has 4 nitrogen and oxygen atoms in total. The molecule has 0 saturated carbocycles. The normalized spacial score (nSPS) is 10.8. The van der Waals surface area contributed by atoms with Crippen LogP contribution in [-0.4, -0.2) is 19.5 Å². The van der Waals surface area contributed by atoms with Crippen LogP contribution < -0.4 is 0 Å². The molecule has 0 atom stereocenters. The second kappa shape index (κ2) is 11.5. The monoisotopic (exact) mass is 587 g/mol. The number of nitrogens with zero attached hydrogens (tertiary/aromatic N) is 4. The summed E-state index contributed by atoms with van der Waals surface area (Å²) < 4.78 is 2.07. The predicted molar refractivity (Wildman–Crippen MR) is 156 cm³/mol. The van der Waals surface area contributed by atoms with Gasteiger partial charge in [-0.1, -0.05) is 137 Å². The van der Waals surface area contributed by atoms with Gasteiger partial charge in [-0.25, -0.2) is 21.0 Å². The number of hydrogen-bond donors (Lipinski definition) is 0. The van der Waals surface area contributed by atoms with E-state index < -0.39 is 0 Å². The second-order valence-electron chi connectivity index (χ2n) is 9.21. The molecule has 0 aliphatic rings. The first-order chi connectivity index (χ1) is 19.3. The third-order valence-corrected chi connectivity index (χ3v) is 6.69. The minimum absolute atomic E-state index is 0. The van der Waals surface area contributed by atoms with Crippen LogP contribution in [0.4, 0.5) is 0 Å². The van der Waals surface area contributed by atoms with Gasteiger partial charge in [0, 0.05) is 43.8 Å². The van der Waals surface area contributed by atoms with Crippen LogP contribution in [0, 0.1) is 12.3 Å². The molecule has 2 heterocycles. The van der Waals surface area contributed by atoms with Gasteiger partial charge >= 0.3 is 0 Å². The van der Waals surface area contributed by atoms with Gasteiger partial charge in [0.2, 0.25) is 0 Å². The van der Waals surface area contributed by atoms with Crippen molar-refractivity contribution in [3.05, 3.63) is 146 Å². The molecule has 0 aliphatic carbocycles. The van der Waals surface area contributed by atoms with E-state index in [9.17, 15) is 0 Å². The van der Waals surface area contributed by atoms with E-state index >= 15 is 0 Å². The van der Waals surface area contributed by atoms with E-state index in [0.717, 1.165) is 44.4 Å². The molecule has 0 fully saturated rings. The summed E-state index contributed by atoms with van der Waals surface area (Å²) >= 11 is 0. The third kappa shape index (κ3) is 5.04. The fourth-order valence-electron chi connectivity index (χ4n) is 4.79. The predicted octanol–water partition coefficient (Wildman–Crippen LogP) is 8.08. The van der Waals surface area contributed by atoms with E-state index in [2.05, 4.69) is 71.4 Å². The smallest absolute Gasteiger partial charge is 0.163 e. The maximum absolute atomic E-state index is 4.89. The average Bonchev–Trinajstić information content (AvgIpc) is 3.42. The molecule has 5 heteroatoms. The first kappa shape index (κ1) is 26.0. The van der Waals surface area contributed by atoms with Crippen LogP contribution in [0.5, 0.6) is 0 Å². The van der Waals surface area contributed by atoms with Gasteiger partial charge in [-0.15, -0.1) is 5.69 Å². The van der Waals surface area contributed by atoms with Crippen molar-refractivity contribution in [1.82, 2.24) is 19.5 Å². The summed E-state index contributed by atoms with van der Waals surface area (Å²) in [4.78, 5) is 14.6. The molecule has 7 rings (SSSR count).